The van der Waals surface area contributed by atoms with Crippen LogP contribution in [0.3, 0.4) is 0 Å². The molecule has 0 saturated heterocycles. The summed E-state index contributed by atoms with van der Waals surface area (Å²) in [6.07, 6.45) is 7.76. The van der Waals surface area contributed by atoms with Crippen LogP contribution in [0, 0.1) is 0 Å². The number of hydrogen-bond donors (Lipinski definition) is 2. The molecule has 0 spiro atoms. The highest BCUT2D eigenvalue weighted by molar-refractivity contribution is 7.86. The Hall–Kier alpha value is -4.81. The summed E-state index contributed by atoms with van der Waals surface area (Å²) >= 11 is 0. The smallest absolute Gasteiger partial charge is 0.295 e. The van der Waals surface area contributed by atoms with Crippen LogP contribution in [0.25, 0.3) is 5.57 Å². The molecule has 0 unspecified atom stereocenters. The highest BCUT2D eigenvalue weighted by Gasteiger charge is 2.23. The molecule has 0 saturated carbocycles. The van der Waals surface area contributed by atoms with Crippen molar-refractivity contribution >= 4 is 42.9 Å². The number of anilines is 2. The second kappa shape index (κ2) is 14.1. The number of nitrogens with zero attached hydrogens (tertiary/aromatic N) is 3. The van der Waals surface area contributed by atoms with Crippen molar-refractivity contribution in [3.63, 3.8) is 0 Å². The van der Waals surface area contributed by atoms with Gasteiger partial charge in [0.1, 0.15) is 19.0 Å². The standard InChI is InChI=1S/C37H37N3O6S2/c1-38(2)31-17-13-29(14-18-31)37(35-22-21-33(39(3)4)24-36(35)48(44,45)46)30-15-19-32(20-16-30)40(25-27-9-6-5-7-10-27)26-28-11-8-12-34(23-28)47(41,42)43/h5-24H,25-26H2,1-4H3,(H-,41,42,43,44,45,46)/p+1. The second-order valence-electron chi connectivity index (χ2n) is 11.9. The summed E-state index contributed by atoms with van der Waals surface area (Å²) in [4.78, 5) is 3.48. The van der Waals surface area contributed by atoms with Crippen LogP contribution in [-0.2, 0) is 33.3 Å². The molecule has 9 nitrogen and oxygen atoms in total. The number of benzene rings is 4. The van der Waals surface area contributed by atoms with Gasteiger partial charge < -0.3 is 9.80 Å². The Kier molecular flexibility index (Phi) is 10.2. The molecule has 2 N–H and O–H groups in total. The van der Waals surface area contributed by atoms with Crippen LogP contribution in [0.4, 0.5) is 11.4 Å². The maximum atomic E-state index is 12.8. The monoisotopic (exact) mass is 684 g/mol. The third kappa shape index (κ3) is 8.18. The quantitative estimate of drug-likeness (QED) is 0.152. The Bertz CT molecular complexity index is 2150. The lowest BCUT2D eigenvalue weighted by Gasteiger charge is -2.26. The Labute approximate surface area is 282 Å². The van der Waals surface area contributed by atoms with Gasteiger partial charge in [-0.2, -0.15) is 16.8 Å². The van der Waals surface area contributed by atoms with Gasteiger partial charge in [-0.1, -0.05) is 60.7 Å². The number of allylic oxidation sites excluding steroid dienone is 5. The van der Waals surface area contributed by atoms with Gasteiger partial charge in [-0.05, 0) is 76.4 Å². The summed E-state index contributed by atoms with van der Waals surface area (Å²) in [6.45, 7) is 0.858. The fraction of sp³-hybridized carbons (Fsp3) is 0.162. The largest absolute Gasteiger partial charge is 0.378 e. The first kappa shape index (κ1) is 34.5. The van der Waals surface area contributed by atoms with Gasteiger partial charge in [0.2, 0.25) is 0 Å². The third-order valence-electron chi connectivity index (χ3n) is 8.01. The predicted molar refractivity (Wildman–Crippen MR) is 191 cm³/mol. The summed E-state index contributed by atoms with van der Waals surface area (Å²) in [7, 11) is -1.50. The van der Waals surface area contributed by atoms with Gasteiger partial charge in [-0.15, -0.1) is 0 Å². The lowest BCUT2D eigenvalue weighted by molar-refractivity contribution is -0.462. The Balaban J connectivity index is 1.63. The van der Waals surface area contributed by atoms with Crippen LogP contribution in [0.5, 0.6) is 0 Å². The van der Waals surface area contributed by atoms with E-state index in [2.05, 4.69) is 4.90 Å². The molecule has 0 fully saturated rings. The molecule has 0 bridgehead atoms. The predicted octanol–water partition coefficient (Wildman–Crippen LogP) is 6.09. The lowest BCUT2D eigenvalue weighted by Crippen LogP contribution is -2.22. The number of rotatable bonds is 10. The van der Waals surface area contributed by atoms with Gasteiger partial charge in [0, 0.05) is 56.3 Å². The first-order valence-electron chi connectivity index (χ1n) is 15.1. The van der Waals surface area contributed by atoms with E-state index in [0.29, 0.717) is 35.5 Å². The van der Waals surface area contributed by atoms with Crippen LogP contribution in [0.15, 0.2) is 137 Å². The van der Waals surface area contributed by atoms with E-state index in [9.17, 15) is 25.9 Å². The highest BCUT2D eigenvalue weighted by atomic mass is 32.2. The van der Waals surface area contributed by atoms with Gasteiger partial charge in [0.25, 0.3) is 20.2 Å². The molecule has 1 aliphatic carbocycles. The van der Waals surface area contributed by atoms with Crippen LogP contribution in [0.1, 0.15) is 22.3 Å². The van der Waals surface area contributed by atoms with E-state index >= 15 is 0 Å². The highest BCUT2D eigenvalue weighted by Crippen LogP contribution is 2.36. The lowest BCUT2D eigenvalue weighted by atomic mass is 9.90. The first-order valence-corrected chi connectivity index (χ1v) is 18.0. The summed E-state index contributed by atoms with van der Waals surface area (Å²) in [5, 5.41) is 0. The Morgan fingerprint density at radius 2 is 1.27 bits per heavy atom. The molecule has 248 valence electrons. The SMILES string of the molecule is CN(C)c1ccc(C(=C2C=CC(=[N+](C)C)C=C2)c2ccc(N(Cc3ccccc3)Cc3cccc(S(=O)(=O)O)c3)cc2)c(S(=O)(=O)O)c1. The third-order valence-corrected chi connectivity index (χ3v) is 9.75. The van der Waals surface area contributed by atoms with Crippen molar-refractivity contribution in [2.45, 2.75) is 22.9 Å². The zero-order valence-corrected chi connectivity index (χ0v) is 28.8. The van der Waals surface area contributed by atoms with E-state index in [1.165, 1.54) is 18.2 Å². The zero-order valence-electron chi connectivity index (χ0n) is 27.1. The van der Waals surface area contributed by atoms with Crippen LogP contribution >= 0.6 is 0 Å². The van der Waals surface area contributed by atoms with Crippen LogP contribution in [0.2, 0.25) is 0 Å². The molecule has 11 heteroatoms. The van der Waals surface area contributed by atoms with Crippen molar-refractivity contribution in [3.05, 3.63) is 149 Å². The van der Waals surface area contributed by atoms with Gasteiger partial charge in [-0.3, -0.25) is 9.11 Å². The van der Waals surface area contributed by atoms with Gasteiger partial charge in [0.05, 0.1) is 4.90 Å². The molecule has 0 aromatic heterocycles. The molecule has 0 amide bonds. The zero-order chi connectivity index (χ0) is 34.6. The fourth-order valence-corrected chi connectivity index (χ4v) is 6.79. The molecule has 0 heterocycles. The van der Waals surface area contributed by atoms with E-state index < -0.39 is 20.2 Å². The molecule has 4 aromatic rings. The maximum Gasteiger partial charge on any atom is 0.295 e. The average molecular weight is 685 g/mol. The van der Waals surface area contributed by atoms with Gasteiger partial charge in [-0.25, -0.2) is 4.58 Å². The minimum Gasteiger partial charge on any atom is -0.378 e. The molecular formula is C37H38N3O6S2+. The Morgan fingerprint density at radius 1 is 0.667 bits per heavy atom. The fourth-order valence-electron chi connectivity index (χ4n) is 5.52. The minimum absolute atomic E-state index is 0.176. The van der Waals surface area contributed by atoms with Crippen LogP contribution < -0.4 is 9.80 Å². The van der Waals surface area contributed by atoms with Crippen molar-refractivity contribution in [2.24, 2.45) is 0 Å². The summed E-state index contributed by atoms with van der Waals surface area (Å²) in [5.41, 5.74) is 6.64. The van der Waals surface area contributed by atoms with E-state index in [4.69, 9.17) is 0 Å². The van der Waals surface area contributed by atoms with Crippen molar-refractivity contribution in [1.82, 2.24) is 0 Å². The maximum absolute atomic E-state index is 12.8. The van der Waals surface area contributed by atoms with Gasteiger partial charge in [0.15, 0.2) is 5.71 Å². The molecule has 0 radical (unpaired) electrons. The van der Waals surface area contributed by atoms with Crippen LogP contribution in [-0.4, -0.2) is 64.4 Å². The number of hydrogen-bond acceptors (Lipinski definition) is 6. The topological polar surface area (TPSA) is 118 Å². The van der Waals surface area contributed by atoms with E-state index in [0.717, 1.165) is 28.1 Å². The van der Waals surface area contributed by atoms with E-state index in [-0.39, 0.29) is 9.79 Å². The van der Waals surface area contributed by atoms with Crippen molar-refractivity contribution in [2.75, 3.05) is 38.0 Å². The molecule has 5 rings (SSSR count). The second-order valence-corrected chi connectivity index (χ2v) is 14.7. The van der Waals surface area contributed by atoms with Crippen molar-refractivity contribution < 1.29 is 30.5 Å². The van der Waals surface area contributed by atoms with E-state index in [1.807, 2.05) is 104 Å². The molecule has 1 aliphatic rings. The molecule has 0 atom stereocenters. The summed E-state index contributed by atoms with van der Waals surface area (Å²) < 4.78 is 71.2. The van der Waals surface area contributed by atoms with Crippen molar-refractivity contribution in [1.29, 1.82) is 0 Å². The minimum atomic E-state index is -4.60. The summed E-state index contributed by atoms with van der Waals surface area (Å²) in [6, 6.07) is 28.7. The summed E-state index contributed by atoms with van der Waals surface area (Å²) in [5.74, 6) is 0. The van der Waals surface area contributed by atoms with Gasteiger partial charge >= 0.3 is 0 Å². The van der Waals surface area contributed by atoms with E-state index in [1.54, 1.807) is 37.2 Å². The molecular weight excluding hydrogens is 647 g/mol. The van der Waals surface area contributed by atoms with Crippen molar-refractivity contribution in [3.8, 4) is 0 Å². The normalized spacial score (nSPS) is 13.0. The first-order chi connectivity index (χ1) is 22.7. The molecule has 0 aliphatic heterocycles. The Morgan fingerprint density at radius 3 is 1.85 bits per heavy atom. The molecule has 48 heavy (non-hydrogen) atoms. The average Bonchev–Trinajstić information content (AvgIpc) is 3.05. The molecule has 4 aromatic carbocycles.